The zero-order valence-corrected chi connectivity index (χ0v) is 19.1. The molecule has 1 aliphatic rings. The molecule has 0 saturated carbocycles. The fraction of sp³-hybridized carbons (Fsp3) is 0.400. The van der Waals surface area contributed by atoms with Gasteiger partial charge < -0.3 is 10.6 Å². The average molecular weight is 495 g/mol. The average Bonchev–Trinajstić information content (AvgIpc) is 3.25. The van der Waals surface area contributed by atoms with E-state index in [0.29, 0.717) is 16.6 Å². The SMILES string of the molecule is CCCS(=N)(=O)Nc1nc(N)c2c(n1)n(Cc1ccccc1)c(=O)n2C(=O)N1CCC(F)(F)C1. The number of benzene rings is 1. The van der Waals surface area contributed by atoms with Crippen LogP contribution in [0.5, 0.6) is 0 Å². The normalized spacial score (nSPS) is 17.1. The van der Waals surface area contributed by atoms with Gasteiger partial charge in [-0.15, -0.1) is 0 Å². The number of hydrogen-bond acceptors (Lipinski definition) is 7. The Morgan fingerprint density at radius 3 is 2.62 bits per heavy atom. The Bertz CT molecular complexity index is 1400. The van der Waals surface area contributed by atoms with Gasteiger partial charge in [-0.25, -0.2) is 31.9 Å². The minimum Gasteiger partial charge on any atom is -0.382 e. The van der Waals surface area contributed by atoms with E-state index >= 15 is 0 Å². The van der Waals surface area contributed by atoms with Crippen molar-refractivity contribution in [1.82, 2.24) is 24.0 Å². The Balaban J connectivity index is 1.88. The van der Waals surface area contributed by atoms with Crippen LogP contribution in [0, 0.1) is 4.78 Å². The number of likely N-dealkylation sites (tertiary alicyclic amines) is 1. The van der Waals surface area contributed by atoms with E-state index in [4.69, 9.17) is 10.5 Å². The van der Waals surface area contributed by atoms with Gasteiger partial charge in [0.15, 0.2) is 11.5 Å². The summed E-state index contributed by atoms with van der Waals surface area (Å²) in [6.45, 7) is 0.733. The number of anilines is 2. The molecule has 1 aromatic carbocycles. The number of carbonyl (C=O) groups is 1. The van der Waals surface area contributed by atoms with Crippen LogP contribution in [-0.2, 0) is 16.5 Å². The number of aromatic nitrogens is 4. The van der Waals surface area contributed by atoms with Gasteiger partial charge in [-0.3, -0.25) is 9.29 Å². The summed E-state index contributed by atoms with van der Waals surface area (Å²) in [6, 6.07) is 7.92. The fourth-order valence-electron chi connectivity index (χ4n) is 3.83. The first-order valence-corrected chi connectivity index (χ1v) is 12.3. The van der Waals surface area contributed by atoms with Crippen molar-refractivity contribution in [2.24, 2.45) is 0 Å². The van der Waals surface area contributed by atoms with Crippen molar-refractivity contribution in [2.45, 2.75) is 32.2 Å². The highest BCUT2D eigenvalue weighted by Crippen LogP contribution is 2.28. The summed E-state index contributed by atoms with van der Waals surface area (Å²) in [5, 5.41) is 0. The molecule has 2 aromatic heterocycles. The smallest absolute Gasteiger partial charge is 0.339 e. The Kier molecular flexibility index (Phi) is 6.02. The van der Waals surface area contributed by atoms with Crippen LogP contribution in [0.2, 0.25) is 0 Å². The van der Waals surface area contributed by atoms with Gasteiger partial charge in [0.05, 0.1) is 18.8 Å². The van der Waals surface area contributed by atoms with Gasteiger partial charge in [0.2, 0.25) is 5.95 Å². The van der Waals surface area contributed by atoms with Crippen molar-refractivity contribution < 1.29 is 17.8 Å². The van der Waals surface area contributed by atoms with E-state index in [-0.39, 0.29) is 41.8 Å². The second-order valence-electron chi connectivity index (χ2n) is 8.09. The zero-order chi connectivity index (χ0) is 24.7. The minimum absolute atomic E-state index is 0.00766. The lowest BCUT2D eigenvalue weighted by atomic mass is 10.2. The number of alkyl halides is 2. The summed E-state index contributed by atoms with van der Waals surface area (Å²) in [5.41, 5.74) is 5.78. The van der Waals surface area contributed by atoms with Crippen molar-refractivity contribution >= 4 is 38.9 Å². The van der Waals surface area contributed by atoms with Gasteiger partial charge in [0, 0.05) is 13.0 Å². The quantitative estimate of drug-likeness (QED) is 0.478. The van der Waals surface area contributed by atoms with Crippen LogP contribution in [0.15, 0.2) is 35.1 Å². The van der Waals surface area contributed by atoms with Crippen LogP contribution in [0.25, 0.3) is 11.2 Å². The van der Waals surface area contributed by atoms with Crippen molar-refractivity contribution in [3.05, 3.63) is 46.4 Å². The van der Waals surface area contributed by atoms with E-state index in [1.807, 2.05) is 0 Å². The van der Waals surface area contributed by atoms with E-state index in [1.54, 1.807) is 37.3 Å². The van der Waals surface area contributed by atoms with Crippen molar-refractivity contribution in [1.29, 1.82) is 4.78 Å². The number of nitrogens with one attached hydrogen (secondary N) is 2. The van der Waals surface area contributed by atoms with Crippen molar-refractivity contribution in [2.75, 3.05) is 29.3 Å². The van der Waals surface area contributed by atoms with Crippen LogP contribution in [0.1, 0.15) is 25.3 Å². The molecule has 1 fully saturated rings. The molecule has 14 heteroatoms. The highest BCUT2D eigenvalue weighted by Gasteiger charge is 2.41. The van der Waals surface area contributed by atoms with Gasteiger partial charge in [-0.05, 0) is 12.0 Å². The standard InChI is InChI=1S/C20H24F2N8O3S/c1-2-10-34(24,33)27-17-25-15(23)14-16(26-17)29(11-13-6-4-3-5-7-13)19(32)30(14)18(31)28-9-8-20(21,22)12-28/h3-7H,2,8-12H2,1H3,(H4,23,24,25,26,27,33). The summed E-state index contributed by atoms with van der Waals surface area (Å²) in [6.07, 6.45) is -0.0391. The molecular weight excluding hydrogens is 470 g/mol. The number of nitrogen functional groups attached to an aromatic ring is 1. The predicted octanol–water partition coefficient (Wildman–Crippen LogP) is 2.32. The lowest BCUT2D eigenvalue weighted by molar-refractivity contribution is 0.0154. The third-order valence-corrected chi connectivity index (χ3v) is 6.85. The minimum atomic E-state index is -3.27. The number of nitrogens with zero attached hydrogens (tertiary/aromatic N) is 5. The molecule has 1 unspecified atom stereocenters. The Morgan fingerprint density at radius 1 is 1.29 bits per heavy atom. The third kappa shape index (κ3) is 4.58. The van der Waals surface area contributed by atoms with Gasteiger partial charge in [-0.1, -0.05) is 37.3 Å². The number of rotatable bonds is 6. The van der Waals surface area contributed by atoms with Gasteiger partial charge >= 0.3 is 11.7 Å². The number of imidazole rings is 1. The third-order valence-electron chi connectivity index (χ3n) is 5.36. The molecule has 182 valence electrons. The number of hydrogen-bond donors (Lipinski definition) is 3. The van der Waals surface area contributed by atoms with E-state index in [0.717, 1.165) is 4.90 Å². The first-order valence-electron chi connectivity index (χ1n) is 10.6. The van der Waals surface area contributed by atoms with Gasteiger partial charge in [0.25, 0.3) is 5.92 Å². The predicted molar refractivity (Wildman–Crippen MR) is 123 cm³/mol. The number of carbonyl (C=O) groups excluding carboxylic acids is 1. The molecule has 0 spiro atoms. The topological polar surface area (TPSA) is 152 Å². The van der Waals surface area contributed by atoms with Crippen LogP contribution < -0.4 is 16.1 Å². The van der Waals surface area contributed by atoms with Gasteiger partial charge in [-0.2, -0.15) is 9.97 Å². The van der Waals surface area contributed by atoms with Gasteiger partial charge in [0.1, 0.15) is 15.4 Å². The van der Waals surface area contributed by atoms with E-state index in [9.17, 15) is 22.6 Å². The molecule has 0 bridgehead atoms. The maximum Gasteiger partial charge on any atom is 0.339 e. The Labute approximate surface area is 193 Å². The Morgan fingerprint density at radius 2 is 2.00 bits per heavy atom. The molecule has 1 atom stereocenters. The molecule has 4 N–H and O–H groups in total. The summed E-state index contributed by atoms with van der Waals surface area (Å²) in [5.74, 6) is -3.54. The highest BCUT2D eigenvalue weighted by molar-refractivity contribution is 7.93. The number of halogens is 2. The fourth-order valence-corrected chi connectivity index (χ4v) is 4.89. The first kappa shape index (κ1) is 23.6. The molecule has 3 aromatic rings. The summed E-state index contributed by atoms with van der Waals surface area (Å²) in [7, 11) is -3.27. The number of nitrogens with two attached hydrogens (primary N) is 1. The largest absolute Gasteiger partial charge is 0.382 e. The van der Waals surface area contributed by atoms with Crippen molar-refractivity contribution in [3.8, 4) is 0 Å². The maximum absolute atomic E-state index is 13.7. The summed E-state index contributed by atoms with van der Waals surface area (Å²) < 4.78 is 52.1. The van der Waals surface area contributed by atoms with E-state index in [2.05, 4.69) is 14.7 Å². The monoisotopic (exact) mass is 494 g/mol. The molecule has 34 heavy (non-hydrogen) atoms. The summed E-state index contributed by atoms with van der Waals surface area (Å²) >= 11 is 0. The molecule has 4 rings (SSSR count). The zero-order valence-electron chi connectivity index (χ0n) is 18.3. The number of amides is 1. The lowest BCUT2D eigenvalue weighted by Crippen LogP contribution is -2.40. The Hall–Kier alpha value is -3.55. The molecule has 11 nitrogen and oxygen atoms in total. The second kappa shape index (κ2) is 8.66. The van der Waals surface area contributed by atoms with Crippen LogP contribution in [0.4, 0.5) is 25.3 Å². The van der Waals surface area contributed by atoms with E-state index < -0.39 is 40.5 Å². The molecule has 1 amide bonds. The van der Waals surface area contributed by atoms with Crippen LogP contribution in [-0.4, -0.2) is 59.0 Å². The second-order valence-corrected chi connectivity index (χ2v) is 10.0. The summed E-state index contributed by atoms with van der Waals surface area (Å²) in [4.78, 5) is 35.6. The lowest BCUT2D eigenvalue weighted by Gasteiger charge is -2.16. The molecule has 1 saturated heterocycles. The molecule has 3 heterocycles. The van der Waals surface area contributed by atoms with Crippen LogP contribution >= 0.6 is 0 Å². The van der Waals surface area contributed by atoms with E-state index in [1.165, 1.54) is 4.57 Å². The molecular formula is C20H24F2N8O3S. The number of fused-ring (bicyclic) bond motifs is 1. The van der Waals surface area contributed by atoms with Crippen molar-refractivity contribution in [3.63, 3.8) is 0 Å². The molecule has 1 aliphatic heterocycles. The molecule has 0 radical (unpaired) electrons. The first-order chi connectivity index (χ1) is 16.0. The highest BCUT2D eigenvalue weighted by atomic mass is 32.2. The van der Waals surface area contributed by atoms with Crippen LogP contribution in [0.3, 0.4) is 0 Å². The maximum atomic E-state index is 13.7. The molecule has 0 aliphatic carbocycles.